The summed E-state index contributed by atoms with van der Waals surface area (Å²) in [6.07, 6.45) is -3.64. The Bertz CT molecular complexity index is 557. The van der Waals surface area contributed by atoms with E-state index in [-0.39, 0.29) is 13.1 Å². The van der Waals surface area contributed by atoms with Gasteiger partial charge in [-0.05, 0) is 30.5 Å². The quantitative estimate of drug-likeness (QED) is 0.666. The summed E-state index contributed by atoms with van der Waals surface area (Å²) in [6.45, 7) is 2.42. The van der Waals surface area contributed by atoms with Crippen LogP contribution in [-0.4, -0.2) is 30.4 Å². The maximum Gasteiger partial charge on any atom is 0.422 e. The van der Waals surface area contributed by atoms with Crippen molar-refractivity contribution in [2.24, 2.45) is 5.41 Å². The van der Waals surface area contributed by atoms with Crippen LogP contribution in [0.25, 0.3) is 0 Å². The highest BCUT2D eigenvalue weighted by molar-refractivity contribution is 5.74. The minimum Gasteiger partial charge on any atom is -0.481 e. The van der Waals surface area contributed by atoms with Gasteiger partial charge in [-0.2, -0.15) is 13.2 Å². The van der Waals surface area contributed by atoms with Gasteiger partial charge in [0.2, 0.25) is 0 Å². The van der Waals surface area contributed by atoms with Crippen molar-refractivity contribution in [1.82, 2.24) is 5.32 Å². The fraction of sp³-hybridized carbons (Fsp3) is 0.562. The maximum absolute atomic E-state index is 13.7. The molecule has 0 bridgehead atoms. The monoisotopic (exact) mass is 351 g/mol. The van der Waals surface area contributed by atoms with E-state index in [1.807, 2.05) is 0 Å². The van der Waals surface area contributed by atoms with Crippen LogP contribution in [-0.2, 0) is 11.3 Å². The summed E-state index contributed by atoms with van der Waals surface area (Å²) >= 11 is 0. The molecule has 136 valence electrons. The van der Waals surface area contributed by atoms with Gasteiger partial charge in [0, 0.05) is 13.1 Å². The molecule has 0 atom stereocenters. The van der Waals surface area contributed by atoms with E-state index in [0.29, 0.717) is 18.4 Å². The minimum atomic E-state index is -4.53. The summed E-state index contributed by atoms with van der Waals surface area (Å²) < 4.78 is 54.3. The Kier molecular flexibility index (Phi) is 7.01. The number of aliphatic carboxylic acids is 1. The zero-order valence-electron chi connectivity index (χ0n) is 13.5. The van der Waals surface area contributed by atoms with Gasteiger partial charge < -0.3 is 15.2 Å². The van der Waals surface area contributed by atoms with Crippen molar-refractivity contribution in [3.05, 3.63) is 29.6 Å². The Morgan fingerprint density at radius 1 is 1.25 bits per heavy atom. The third-order valence-corrected chi connectivity index (χ3v) is 3.99. The SMILES string of the molecule is CCC(CC)(CNCc1ccc(OCC(F)(F)F)c(F)c1)C(=O)O. The average Bonchev–Trinajstić information content (AvgIpc) is 2.50. The molecular weight excluding hydrogens is 330 g/mol. The number of carboxylic acid groups (broad SMARTS) is 1. The van der Waals surface area contributed by atoms with Crippen LogP contribution in [0.2, 0.25) is 0 Å². The molecule has 0 saturated carbocycles. The number of rotatable bonds is 9. The molecule has 4 nitrogen and oxygen atoms in total. The predicted molar refractivity (Wildman–Crippen MR) is 80.3 cm³/mol. The first-order valence-corrected chi connectivity index (χ1v) is 7.55. The predicted octanol–water partition coefficient (Wildman–Crippen LogP) is 3.75. The van der Waals surface area contributed by atoms with Crippen LogP contribution in [0.5, 0.6) is 5.75 Å². The third kappa shape index (κ3) is 5.67. The van der Waals surface area contributed by atoms with Crippen LogP contribution < -0.4 is 10.1 Å². The van der Waals surface area contributed by atoms with Gasteiger partial charge in [-0.3, -0.25) is 4.79 Å². The molecule has 0 amide bonds. The van der Waals surface area contributed by atoms with E-state index < -0.39 is 35.7 Å². The fourth-order valence-electron chi connectivity index (χ4n) is 2.26. The first-order chi connectivity index (χ1) is 11.1. The van der Waals surface area contributed by atoms with Crippen LogP contribution in [0.15, 0.2) is 18.2 Å². The van der Waals surface area contributed by atoms with E-state index in [2.05, 4.69) is 10.1 Å². The number of carboxylic acids is 1. The second-order valence-electron chi connectivity index (χ2n) is 5.56. The molecule has 8 heteroatoms. The molecule has 1 rings (SSSR count). The highest BCUT2D eigenvalue weighted by Crippen LogP contribution is 2.26. The molecule has 1 aromatic rings. The molecule has 0 fully saturated rings. The molecule has 0 aromatic heterocycles. The topological polar surface area (TPSA) is 58.6 Å². The van der Waals surface area contributed by atoms with Gasteiger partial charge in [0.1, 0.15) is 0 Å². The smallest absolute Gasteiger partial charge is 0.422 e. The maximum atomic E-state index is 13.7. The van der Waals surface area contributed by atoms with Crippen LogP contribution in [0.3, 0.4) is 0 Å². The van der Waals surface area contributed by atoms with Crippen LogP contribution >= 0.6 is 0 Å². The second kappa shape index (κ2) is 8.32. The largest absolute Gasteiger partial charge is 0.481 e. The highest BCUT2D eigenvalue weighted by Gasteiger charge is 2.34. The molecule has 0 radical (unpaired) electrons. The number of nitrogens with one attached hydrogen (secondary N) is 1. The standard InChI is InChI=1S/C16H21F4NO3/c1-3-15(4-2,14(22)23)9-21-8-11-5-6-13(12(17)7-11)24-10-16(18,19)20/h5-7,21H,3-4,8-10H2,1-2H3,(H,22,23). The Labute approximate surface area is 137 Å². The molecule has 0 aliphatic rings. The van der Waals surface area contributed by atoms with Gasteiger partial charge in [-0.15, -0.1) is 0 Å². The Hall–Kier alpha value is -1.83. The van der Waals surface area contributed by atoms with Crippen LogP contribution in [0.4, 0.5) is 17.6 Å². The summed E-state index contributed by atoms with van der Waals surface area (Å²) in [5.41, 5.74) is -0.410. The minimum absolute atomic E-state index is 0.200. The molecular formula is C16H21F4NO3. The Morgan fingerprint density at radius 2 is 1.88 bits per heavy atom. The molecule has 0 spiro atoms. The highest BCUT2D eigenvalue weighted by atomic mass is 19.4. The lowest BCUT2D eigenvalue weighted by Gasteiger charge is -2.27. The molecule has 1 aromatic carbocycles. The van der Waals surface area contributed by atoms with Crippen molar-refractivity contribution in [3.8, 4) is 5.75 Å². The lowest BCUT2D eigenvalue weighted by molar-refractivity contribution is -0.154. The first-order valence-electron chi connectivity index (χ1n) is 7.55. The second-order valence-corrected chi connectivity index (χ2v) is 5.56. The normalized spacial score (nSPS) is 12.2. The molecule has 0 unspecified atom stereocenters. The van der Waals surface area contributed by atoms with E-state index >= 15 is 0 Å². The van der Waals surface area contributed by atoms with Gasteiger partial charge in [0.05, 0.1) is 5.41 Å². The summed E-state index contributed by atoms with van der Waals surface area (Å²) in [6, 6.07) is 3.63. The van der Waals surface area contributed by atoms with Gasteiger partial charge in [-0.25, -0.2) is 4.39 Å². The summed E-state index contributed by atoms with van der Waals surface area (Å²) in [7, 11) is 0. The lowest BCUT2D eigenvalue weighted by atomic mass is 9.82. The van der Waals surface area contributed by atoms with Crippen molar-refractivity contribution in [2.75, 3.05) is 13.2 Å². The molecule has 0 aliphatic heterocycles. The van der Waals surface area contributed by atoms with Crippen molar-refractivity contribution in [3.63, 3.8) is 0 Å². The summed E-state index contributed by atoms with van der Waals surface area (Å²) in [4.78, 5) is 11.4. The number of ether oxygens (including phenoxy) is 1. The Balaban J connectivity index is 2.64. The zero-order chi connectivity index (χ0) is 18.4. The van der Waals surface area contributed by atoms with Gasteiger partial charge >= 0.3 is 12.1 Å². The van der Waals surface area contributed by atoms with E-state index in [1.54, 1.807) is 13.8 Å². The first kappa shape index (κ1) is 20.2. The fourth-order valence-corrected chi connectivity index (χ4v) is 2.26. The molecule has 0 saturated heterocycles. The van der Waals surface area contributed by atoms with Gasteiger partial charge in [0.15, 0.2) is 18.2 Å². The number of hydrogen-bond acceptors (Lipinski definition) is 3. The zero-order valence-corrected chi connectivity index (χ0v) is 13.5. The Morgan fingerprint density at radius 3 is 2.33 bits per heavy atom. The van der Waals surface area contributed by atoms with E-state index in [0.717, 1.165) is 12.1 Å². The van der Waals surface area contributed by atoms with Crippen LogP contribution in [0.1, 0.15) is 32.3 Å². The number of alkyl halides is 3. The molecule has 2 N–H and O–H groups in total. The van der Waals surface area contributed by atoms with Gasteiger partial charge in [-0.1, -0.05) is 19.9 Å². The summed E-state index contributed by atoms with van der Waals surface area (Å²) in [5, 5.41) is 12.3. The van der Waals surface area contributed by atoms with Crippen molar-refractivity contribution in [1.29, 1.82) is 0 Å². The number of carbonyl (C=O) groups is 1. The number of halogens is 4. The number of benzene rings is 1. The van der Waals surface area contributed by atoms with Crippen molar-refractivity contribution in [2.45, 2.75) is 39.4 Å². The van der Waals surface area contributed by atoms with E-state index in [4.69, 9.17) is 0 Å². The van der Waals surface area contributed by atoms with Crippen molar-refractivity contribution >= 4 is 5.97 Å². The van der Waals surface area contributed by atoms with E-state index in [9.17, 15) is 27.5 Å². The van der Waals surface area contributed by atoms with Crippen LogP contribution in [0, 0.1) is 11.2 Å². The molecule has 24 heavy (non-hydrogen) atoms. The molecule has 0 heterocycles. The average molecular weight is 351 g/mol. The summed E-state index contributed by atoms with van der Waals surface area (Å²) in [5.74, 6) is -2.27. The third-order valence-electron chi connectivity index (χ3n) is 3.99. The number of hydrogen-bond donors (Lipinski definition) is 2. The van der Waals surface area contributed by atoms with E-state index in [1.165, 1.54) is 6.07 Å². The molecule has 0 aliphatic carbocycles. The lowest BCUT2D eigenvalue weighted by Crippen LogP contribution is -2.40. The van der Waals surface area contributed by atoms with Crippen molar-refractivity contribution < 1.29 is 32.2 Å². The van der Waals surface area contributed by atoms with Gasteiger partial charge in [0.25, 0.3) is 0 Å².